The lowest BCUT2D eigenvalue weighted by atomic mass is 9.89. The normalized spacial score (nSPS) is 33.9. The van der Waals surface area contributed by atoms with Crippen LogP contribution in [0.4, 0.5) is 0 Å². The maximum absolute atomic E-state index is 11.0. The van der Waals surface area contributed by atoms with Gasteiger partial charge in [-0.15, -0.1) is 0 Å². The Balaban J connectivity index is 2.41. The molecular weight excluding hydrogens is 172 g/mol. The highest BCUT2D eigenvalue weighted by molar-refractivity contribution is 5.75. The van der Waals surface area contributed by atoms with Crippen molar-refractivity contribution in [3.05, 3.63) is 0 Å². The Labute approximate surface area is 91.1 Å². The van der Waals surface area contributed by atoms with E-state index in [4.69, 9.17) is 2.74 Å². The van der Waals surface area contributed by atoms with Crippen LogP contribution in [0.15, 0.2) is 0 Å². The molecule has 0 N–H and O–H groups in total. The molecule has 0 aromatic carbocycles. The van der Waals surface area contributed by atoms with Gasteiger partial charge in [0.2, 0.25) is 0 Å². The number of ketones is 1. The van der Waals surface area contributed by atoms with E-state index in [-0.39, 0.29) is 5.78 Å². The molecule has 0 bridgehead atoms. The molecule has 1 rings (SSSR count). The SMILES string of the molecule is [3H]CCC1CC(CC[3H])C(CCC(C)=O)C1. The fourth-order valence-corrected chi connectivity index (χ4v) is 2.67. The molecule has 0 aromatic heterocycles. The fraction of sp³-hybridized carbons (Fsp3) is 0.923. The molecule has 1 aliphatic rings. The monoisotopic (exact) mass is 200 g/mol. The third-order valence-corrected chi connectivity index (χ3v) is 3.59. The van der Waals surface area contributed by atoms with Gasteiger partial charge in [0.05, 0.1) is 0 Å². The molecule has 0 spiro atoms. The van der Waals surface area contributed by atoms with Gasteiger partial charge in [0, 0.05) is 9.16 Å². The summed E-state index contributed by atoms with van der Waals surface area (Å²) in [5.74, 6) is 2.26. The van der Waals surface area contributed by atoms with Crippen LogP contribution in [-0.2, 0) is 4.79 Å². The summed E-state index contributed by atoms with van der Waals surface area (Å²) in [6, 6.07) is 0. The fourth-order valence-electron chi connectivity index (χ4n) is 2.67. The molecule has 3 atom stereocenters. The highest BCUT2D eigenvalue weighted by Crippen LogP contribution is 2.42. The van der Waals surface area contributed by atoms with Crippen molar-refractivity contribution in [1.29, 1.82) is 0 Å². The zero-order chi connectivity index (χ0) is 12.0. The molecule has 0 heterocycles. The Morgan fingerprint density at radius 2 is 2.00 bits per heavy atom. The minimum Gasteiger partial charge on any atom is -0.300 e. The van der Waals surface area contributed by atoms with E-state index in [1.807, 2.05) is 0 Å². The third-order valence-electron chi connectivity index (χ3n) is 3.59. The quantitative estimate of drug-likeness (QED) is 0.659. The summed E-state index contributed by atoms with van der Waals surface area (Å²) >= 11 is 0. The number of hydrogen-bond donors (Lipinski definition) is 0. The standard InChI is InChI=1S/C13H24O/c1-4-11-8-12(5-2)13(9-11)7-6-10(3)14/h11-13H,4-9H2,1-3H3/i1T,2T. The smallest absolute Gasteiger partial charge is 0.129 e. The van der Waals surface area contributed by atoms with Gasteiger partial charge < -0.3 is 4.79 Å². The molecule has 1 fully saturated rings. The molecular formula is C13H24O. The molecule has 1 aliphatic carbocycles. The van der Waals surface area contributed by atoms with Crippen LogP contribution >= 0.6 is 0 Å². The van der Waals surface area contributed by atoms with Gasteiger partial charge in [0.15, 0.2) is 0 Å². The molecule has 14 heavy (non-hydrogen) atoms. The van der Waals surface area contributed by atoms with E-state index in [0.717, 1.165) is 19.3 Å². The first kappa shape index (κ1) is 8.94. The second-order valence-electron chi connectivity index (χ2n) is 4.68. The number of rotatable bonds is 5. The van der Waals surface area contributed by atoms with Crippen molar-refractivity contribution in [3.8, 4) is 0 Å². The van der Waals surface area contributed by atoms with Crippen LogP contribution in [-0.4, -0.2) is 5.78 Å². The molecule has 82 valence electrons. The summed E-state index contributed by atoms with van der Waals surface area (Å²) in [5, 5.41) is 0. The molecule has 1 nitrogen and oxygen atoms in total. The first-order chi connectivity index (χ1) is 7.67. The predicted octanol–water partition coefficient (Wildman–Crippen LogP) is 3.82. The zero-order valence-electron chi connectivity index (χ0n) is 11.3. The van der Waals surface area contributed by atoms with Crippen molar-refractivity contribution in [2.45, 2.75) is 59.2 Å². The minimum absolute atomic E-state index is 0.286. The lowest BCUT2D eigenvalue weighted by Crippen LogP contribution is -2.08. The lowest BCUT2D eigenvalue weighted by molar-refractivity contribution is -0.117. The molecule has 0 aliphatic heterocycles. The highest BCUT2D eigenvalue weighted by atomic mass is 16.1. The van der Waals surface area contributed by atoms with Crippen LogP contribution in [0.3, 0.4) is 0 Å². The van der Waals surface area contributed by atoms with Gasteiger partial charge in [-0.3, -0.25) is 0 Å². The van der Waals surface area contributed by atoms with Gasteiger partial charge in [0.25, 0.3) is 0 Å². The van der Waals surface area contributed by atoms with E-state index in [2.05, 4.69) is 0 Å². The summed E-state index contributed by atoms with van der Waals surface area (Å²) in [6.45, 7) is 2.70. The minimum atomic E-state index is 0.286. The molecule has 1 heteroatoms. The topological polar surface area (TPSA) is 17.1 Å². The summed E-state index contributed by atoms with van der Waals surface area (Å²) in [5.41, 5.74) is 0. The van der Waals surface area contributed by atoms with Crippen molar-refractivity contribution >= 4 is 5.78 Å². The zero-order valence-corrected chi connectivity index (χ0v) is 9.30. The summed E-state index contributed by atoms with van der Waals surface area (Å²) < 4.78 is 14.6. The van der Waals surface area contributed by atoms with Crippen molar-refractivity contribution in [3.63, 3.8) is 0 Å². The average molecular weight is 200 g/mol. The van der Waals surface area contributed by atoms with Crippen molar-refractivity contribution in [2.75, 3.05) is 0 Å². The Bertz CT molecular complexity index is 218. The van der Waals surface area contributed by atoms with Crippen molar-refractivity contribution in [1.82, 2.24) is 0 Å². The molecule has 0 amide bonds. The Morgan fingerprint density at radius 1 is 1.29 bits per heavy atom. The van der Waals surface area contributed by atoms with Crippen molar-refractivity contribution in [2.24, 2.45) is 17.8 Å². The Hall–Kier alpha value is -0.330. The van der Waals surface area contributed by atoms with E-state index < -0.39 is 0 Å². The number of Topliss-reactive ketones (excluding diaryl/α,β-unsaturated/α-hetero) is 1. The molecule has 0 aromatic rings. The average Bonchev–Trinajstić information content (AvgIpc) is 2.59. The summed E-state index contributed by atoms with van der Waals surface area (Å²) in [4.78, 5) is 11.0. The van der Waals surface area contributed by atoms with Crippen molar-refractivity contribution < 1.29 is 7.54 Å². The van der Waals surface area contributed by atoms with Gasteiger partial charge in [-0.2, -0.15) is 0 Å². The second kappa shape index (κ2) is 5.53. The number of hydrogen-bond acceptors (Lipinski definition) is 1. The Kier molecular flexibility index (Phi) is 3.53. The summed E-state index contributed by atoms with van der Waals surface area (Å²) in [6.07, 6.45) is 6.08. The van der Waals surface area contributed by atoms with E-state index in [1.165, 1.54) is 12.8 Å². The van der Waals surface area contributed by atoms with E-state index in [0.29, 0.717) is 38.0 Å². The van der Waals surface area contributed by atoms with Crippen LogP contribution in [0, 0.1) is 17.8 Å². The lowest BCUT2D eigenvalue weighted by Gasteiger charge is -2.16. The van der Waals surface area contributed by atoms with Crippen LogP contribution in [0.2, 0.25) is 0 Å². The van der Waals surface area contributed by atoms with Crippen LogP contribution < -0.4 is 0 Å². The first-order valence-corrected chi connectivity index (χ1v) is 5.75. The molecule has 0 radical (unpaired) electrons. The van der Waals surface area contributed by atoms with E-state index in [9.17, 15) is 4.79 Å². The molecule has 1 saturated carbocycles. The number of carbonyl (C=O) groups excluding carboxylic acids is 1. The molecule has 0 saturated heterocycles. The predicted molar refractivity (Wildman–Crippen MR) is 60.2 cm³/mol. The largest absolute Gasteiger partial charge is 0.300 e. The van der Waals surface area contributed by atoms with Gasteiger partial charge in [-0.1, -0.05) is 26.6 Å². The first-order valence-electron chi connectivity index (χ1n) is 7.16. The van der Waals surface area contributed by atoms with E-state index in [1.54, 1.807) is 6.92 Å². The van der Waals surface area contributed by atoms with Gasteiger partial charge in [0.1, 0.15) is 5.78 Å². The molecule has 3 unspecified atom stereocenters. The van der Waals surface area contributed by atoms with Gasteiger partial charge in [-0.25, -0.2) is 0 Å². The second-order valence-corrected chi connectivity index (χ2v) is 4.68. The van der Waals surface area contributed by atoms with Crippen LogP contribution in [0.5, 0.6) is 0 Å². The van der Waals surface area contributed by atoms with Crippen LogP contribution in [0.25, 0.3) is 0 Å². The van der Waals surface area contributed by atoms with Gasteiger partial charge in [-0.05, 0) is 43.9 Å². The number of carbonyl (C=O) groups is 1. The Morgan fingerprint density at radius 3 is 2.64 bits per heavy atom. The summed E-state index contributed by atoms with van der Waals surface area (Å²) in [7, 11) is 0. The van der Waals surface area contributed by atoms with Gasteiger partial charge >= 0.3 is 0 Å². The maximum Gasteiger partial charge on any atom is 0.129 e. The highest BCUT2D eigenvalue weighted by Gasteiger charge is 2.31. The third kappa shape index (κ3) is 3.11. The van der Waals surface area contributed by atoms with Crippen LogP contribution in [0.1, 0.15) is 62.0 Å². The maximum atomic E-state index is 11.0. The van der Waals surface area contributed by atoms with E-state index >= 15 is 0 Å².